The highest BCUT2D eigenvalue weighted by Gasteiger charge is 2.13. The van der Waals surface area contributed by atoms with E-state index in [1.165, 1.54) is 18.2 Å². The number of anilines is 1. The maximum atomic E-state index is 10.8. The summed E-state index contributed by atoms with van der Waals surface area (Å²) >= 11 is 0. The number of nitro groups is 1. The Hall–Kier alpha value is -2.31. The smallest absolute Gasteiger partial charge is 0.292 e. The zero-order chi connectivity index (χ0) is 12.7. The van der Waals surface area contributed by atoms with Gasteiger partial charge in [0.1, 0.15) is 5.69 Å². The Morgan fingerprint density at radius 3 is 2.94 bits per heavy atom. The van der Waals surface area contributed by atoms with Crippen LogP contribution in [0.15, 0.2) is 23.3 Å². The standard InChI is InChI=1S/C9H11N5O3/c10-13-12-7-2-3-8(11-4-1-5-15)9(6-7)14(16)17/h2-3,6,11,15H,1,4-5H2. The van der Waals surface area contributed by atoms with Crippen LogP contribution in [0, 0.1) is 10.1 Å². The van der Waals surface area contributed by atoms with Gasteiger partial charge in [0.25, 0.3) is 5.69 Å². The van der Waals surface area contributed by atoms with Gasteiger partial charge < -0.3 is 10.4 Å². The van der Waals surface area contributed by atoms with Crippen molar-refractivity contribution in [2.75, 3.05) is 18.5 Å². The average molecular weight is 237 g/mol. The number of rotatable bonds is 6. The molecule has 0 atom stereocenters. The van der Waals surface area contributed by atoms with E-state index in [1.807, 2.05) is 0 Å². The molecule has 0 radical (unpaired) electrons. The van der Waals surface area contributed by atoms with Crippen LogP contribution in [0.25, 0.3) is 10.4 Å². The quantitative estimate of drug-likeness (QED) is 0.197. The first kappa shape index (κ1) is 12.8. The van der Waals surface area contributed by atoms with Crippen molar-refractivity contribution < 1.29 is 10.0 Å². The summed E-state index contributed by atoms with van der Waals surface area (Å²) in [6.45, 7) is 0.440. The molecule has 0 aliphatic heterocycles. The van der Waals surface area contributed by atoms with Gasteiger partial charge in [0.05, 0.1) is 4.92 Å². The minimum atomic E-state index is -0.558. The van der Waals surface area contributed by atoms with Crippen molar-refractivity contribution in [3.63, 3.8) is 0 Å². The van der Waals surface area contributed by atoms with E-state index in [0.717, 1.165) is 0 Å². The molecule has 2 N–H and O–H groups in total. The number of hydrogen-bond acceptors (Lipinski definition) is 5. The van der Waals surface area contributed by atoms with Gasteiger partial charge in [-0.1, -0.05) is 11.2 Å². The molecule has 8 nitrogen and oxygen atoms in total. The molecule has 8 heteroatoms. The molecule has 0 aliphatic rings. The first-order chi connectivity index (χ1) is 8.19. The molecular formula is C9H11N5O3. The summed E-state index contributed by atoms with van der Waals surface area (Å²) < 4.78 is 0. The van der Waals surface area contributed by atoms with Gasteiger partial charge in [-0.15, -0.1) is 0 Å². The number of nitro benzene ring substituents is 1. The molecule has 0 aliphatic carbocycles. The summed E-state index contributed by atoms with van der Waals surface area (Å²) in [7, 11) is 0. The zero-order valence-corrected chi connectivity index (χ0v) is 8.91. The van der Waals surface area contributed by atoms with Crippen molar-refractivity contribution in [2.45, 2.75) is 6.42 Å². The van der Waals surface area contributed by atoms with E-state index in [2.05, 4.69) is 15.3 Å². The van der Waals surface area contributed by atoms with Crippen LogP contribution in [0.3, 0.4) is 0 Å². The monoisotopic (exact) mass is 237 g/mol. The summed E-state index contributed by atoms with van der Waals surface area (Å²) in [6, 6.07) is 4.15. The molecule has 17 heavy (non-hydrogen) atoms. The topological polar surface area (TPSA) is 124 Å². The predicted molar refractivity (Wildman–Crippen MR) is 62.1 cm³/mol. The first-order valence-corrected chi connectivity index (χ1v) is 4.87. The number of benzene rings is 1. The summed E-state index contributed by atoms with van der Waals surface area (Å²) in [6.07, 6.45) is 0.495. The third-order valence-electron chi connectivity index (χ3n) is 1.99. The van der Waals surface area contributed by atoms with Crippen LogP contribution in [0.1, 0.15) is 6.42 Å². The second-order valence-corrected chi connectivity index (χ2v) is 3.15. The molecule has 0 fully saturated rings. The molecule has 0 aromatic heterocycles. The molecule has 0 spiro atoms. The molecule has 0 amide bonds. The minimum absolute atomic E-state index is 0.0115. The van der Waals surface area contributed by atoms with Crippen LogP contribution in [0.5, 0.6) is 0 Å². The van der Waals surface area contributed by atoms with Crippen molar-refractivity contribution in [1.82, 2.24) is 0 Å². The molecule has 0 bridgehead atoms. The molecule has 0 heterocycles. The van der Waals surface area contributed by atoms with Gasteiger partial charge in [-0.3, -0.25) is 10.1 Å². The van der Waals surface area contributed by atoms with E-state index >= 15 is 0 Å². The lowest BCUT2D eigenvalue weighted by molar-refractivity contribution is -0.383. The summed E-state index contributed by atoms with van der Waals surface area (Å²) in [5, 5.41) is 25.5. The highest BCUT2D eigenvalue weighted by atomic mass is 16.6. The van der Waals surface area contributed by atoms with E-state index in [1.54, 1.807) is 0 Å². The third kappa shape index (κ3) is 3.63. The van der Waals surface area contributed by atoms with Gasteiger partial charge in [0.2, 0.25) is 0 Å². The second kappa shape index (κ2) is 6.31. The molecule has 90 valence electrons. The Labute approximate surface area is 96.7 Å². The zero-order valence-electron chi connectivity index (χ0n) is 8.91. The molecule has 1 aromatic carbocycles. The number of nitrogens with zero attached hydrogens (tertiary/aromatic N) is 4. The van der Waals surface area contributed by atoms with Gasteiger partial charge >= 0.3 is 0 Å². The van der Waals surface area contributed by atoms with E-state index in [0.29, 0.717) is 18.7 Å². The maximum Gasteiger partial charge on any atom is 0.292 e. The second-order valence-electron chi connectivity index (χ2n) is 3.15. The van der Waals surface area contributed by atoms with Crippen molar-refractivity contribution in [3.8, 4) is 0 Å². The highest BCUT2D eigenvalue weighted by Crippen LogP contribution is 2.29. The van der Waals surface area contributed by atoms with Crippen LogP contribution >= 0.6 is 0 Å². The molecule has 0 saturated heterocycles. The largest absolute Gasteiger partial charge is 0.396 e. The summed E-state index contributed by atoms with van der Waals surface area (Å²) in [4.78, 5) is 12.8. The van der Waals surface area contributed by atoms with E-state index in [9.17, 15) is 10.1 Å². The van der Waals surface area contributed by atoms with Crippen molar-refractivity contribution in [3.05, 3.63) is 38.8 Å². The van der Waals surface area contributed by atoms with E-state index < -0.39 is 4.92 Å². The number of aliphatic hydroxyl groups excluding tert-OH is 1. The molecule has 1 rings (SSSR count). The maximum absolute atomic E-state index is 10.8. The van der Waals surface area contributed by atoms with Crippen molar-refractivity contribution >= 4 is 17.1 Å². The van der Waals surface area contributed by atoms with Crippen LogP contribution in [-0.4, -0.2) is 23.2 Å². The Morgan fingerprint density at radius 1 is 1.59 bits per heavy atom. The Morgan fingerprint density at radius 2 is 2.35 bits per heavy atom. The number of aliphatic hydroxyl groups is 1. The average Bonchev–Trinajstić information content (AvgIpc) is 2.31. The lowest BCUT2D eigenvalue weighted by Crippen LogP contribution is -2.05. The molecular weight excluding hydrogens is 226 g/mol. The molecule has 1 aromatic rings. The summed E-state index contributed by atoms with van der Waals surface area (Å²) in [5.74, 6) is 0. The van der Waals surface area contributed by atoms with Crippen LogP contribution in [0.4, 0.5) is 17.1 Å². The Kier molecular flexibility index (Phi) is 4.74. The number of hydrogen-bond donors (Lipinski definition) is 2. The fourth-order valence-corrected chi connectivity index (χ4v) is 1.24. The highest BCUT2D eigenvalue weighted by molar-refractivity contribution is 5.66. The Bertz CT molecular complexity index is 456. The SMILES string of the molecule is [N-]=[N+]=Nc1ccc(NCCCO)c([N+](=O)[O-])c1. The first-order valence-electron chi connectivity index (χ1n) is 4.87. The van der Waals surface area contributed by atoms with Crippen LogP contribution < -0.4 is 5.32 Å². The molecule has 0 unspecified atom stereocenters. The number of azide groups is 1. The fourth-order valence-electron chi connectivity index (χ4n) is 1.24. The van der Waals surface area contributed by atoms with Gasteiger partial charge in [-0.2, -0.15) is 0 Å². The van der Waals surface area contributed by atoms with Crippen LogP contribution in [-0.2, 0) is 0 Å². The summed E-state index contributed by atoms with van der Waals surface area (Å²) in [5.41, 5.74) is 8.60. The van der Waals surface area contributed by atoms with Gasteiger partial charge in [0.15, 0.2) is 0 Å². The van der Waals surface area contributed by atoms with Gasteiger partial charge in [-0.05, 0) is 18.0 Å². The van der Waals surface area contributed by atoms with Crippen LogP contribution in [0.2, 0.25) is 0 Å². The normalized spacial score (nSPS) is 9.47. The molecule has 0 saturated carbocycles. The van der Waals surface area contributed by atoms with Gasteiger partial charge in [-0.25, -0.2) is 0 Å². The Balaban J connectivity index is 2.96. The fraction of sp³-hybridized carbons (Fsp3) is 0.333. The van der Waals surface area contributed by atoms with Crippen molar-refractivity contribution in [2.24, 2.45) is 5.11 Å². The van der Waals surface area contributed by atoms with E-state index in [4.69, 9.17) is 10.6 Å². The number of nitrogens with one attached hydrogen (secondary N) is 1. The third-order valence-corrected chi connectivity index (χ3v) is 1.99. The van der Waals surface area contributed by atoms with Gasteiger partial charge in [0, 0.05) is 29.8 Å². The predicted octanol–water partition coefficient (Wildman–Crippen LogP) is 2.33. The minimum Gasteiger partial charge on any atom is -0.396 e. The van der Waals surface area contributed by atoms with E-state index in [-0.39, 0.29) is 18.0 Å². The van der Waals surface area contributed by atoms with Crippen molar-refractivity contribution in [1.29, 1.82) is 0 Å². The lowest BCUT2D eigenvalue weighted by atomic mass is 10.2. The lowest BCUT2D eigenvalue weighted by Gasteiger charge is -2.06.